The lowest BCUT2D eigenvalue weighted by Gasteiger charge is -2.36. The third-order valence-corrected chi connectivity index (χ3v) is 3.41. The molecule has 3 N–H and O–H groups in total. The highest BCUT2D eigenvalue weighted by atomic mass is 16.5. The van der Waals surface area contributed by atoms with Crippen molar-refractivity contribution in [3.05, 3.63) is 24.3 Å². The van der Waals surface area contributed by atoms with Gasteiger partial charge in [0.15, 0.2) is 0 Å². The number of anilines is 1. The van der Waals surface area contributed by atoms with Gasteiger partial charge in [0.25, 0.3) is 0 Å². The van der Waals surface area contributed by atoms with Crippen molar-refractivity contribution in [3.63, 3.8) is 0 Å². The fourth-order valence-corrected chi connectivity index (χ4v) is 2.33. The Bertz CT molecular complexity index is 445. The normalized spacial score (nSPS) is 15.1. The van der Waals surface area contributed by atoms with Crippen LogP contribution in [0.3, 0.4) is 0 Å². The smallest absolute Gasteiger partial charge is 0.317 e. The van der Waals surface area contributed by atoms with Crippen molar-refractivity contribution in [1.29, 1.82) is 0 Å². The van der Waals surface area contributed by atoms with E-state index in [9.17, 15) is 4.79 Å². The van der Waals surface area contributed by atoms with Crippen molar-refractivity contribution < 1.29 is 9.53 Å². The minimum absolute atomic E-state index is 0.0323. The number of benzene rings is 1. The molecular formula is C14H22N4O2. The van der Waals surface area contributed by atoms with E-state index >= 15 is 0 Å². The Hall–Kier alpha value is -1.95. The van der Waals surface area contributed by atoms with Crippen molar-refractivity contribution in [2.24, 2.45) is 5.73 Å². The van der Waals surface area contributed by atoms with Crippen molar-refractivity contribution in [1.82, 2.24) is 10.2 Å². The van der Waals surface area contributed by atoms with E-state index in [2.05, 4.69) is 10.2 Å². The predicted octanol–water partition coefficient (Wildman–Crippen LogP) is 0.486. The molecule has 2 amide bonds. The van der Waals surface area contributed by atoms with E-state index in [4.69, 9.17) is 10.5 Å². The number of hydrogen-bond donors (Lipinski definition) is 2. The summed E-state index contributed by atoms with van der Waals surface area (Å²) >= 11 is 0. The lowest BCUT2D eigenvalue weighted by Crippen LogP contribution is -2.52. The standard InChI is InChI=1S/C14H22N4O2/c1-20-13-5-3-2-4-12(13)17-8-10-18(11-9-17)14(19)16-7-6-15/h2-5H,6-11,15H2,1H3,(H,16,19). The summed E-state index contributed by atoms with van der Waals surface area (Å²) in [7, 11) is 1.68. The van der Waals surface area contributed by atoms with Gasteiger partial charge < -0.3 is 25.6 Å². The average molecular weight is 278 g/mol. The van der Waals surface area contributed by atoms with E-state index in [0.29, 0.717) is 26.2 Å². The van der Waals surface area contributed by atoms with Gasteiger partial charge in [-0.25, -0.2) is 4.79 Å². The summed E-state index contributed by atoms with van der Waals surface area (Å²) in [6.07, 6.45) is 0. The summed E-state index contributed by atoms with van der Waals surface area (Å²) in [5.74, 6) is 0.869. The van der Waals surface area contributed by atoms with Crippen LogP contribution in [0.25, 0.3) is 0 Å². The molecule has 0 unspecified atom stereocenters. The molecule has 0 aromatic heterocycles. The number of nitrogens with two attached hydrogens (primary N) is 1. The average Bonchev–Trinajstić information content (AvgIpc) is 2.52. The molecule has 110 valence electrons. The van der Waals surface area contributed by atoms with Gasteiger partial charge in [-0.3, -0.25) is 0 Å². The lowest BCUT2D eigenvalue weighted by atomic mass is 10.2. The van der Waals surface area contributed by atoms with Crippen LogP contribution in [0.15, 0.2) is 24.3 Å². The lowest BCUT2D eigenvalue weighted by molar-refractivity contribution is 0.194. The van der Waals surface area contributed by atoms with Gasteiger partial charge in [-0.15, -0.1) is 0 Å². The number of rotatable bonds is 4. The molecule has 1 heterocycles. The van der Waals surface area contributed by atoms with E-state index in [1.165, 1.54) is 0 Å². The summed E-state index contributed by atoms with van der Waals surface area (Å²) < 4.78 is 5.38. The predicted molar refractivity (Wildman–Crippen MR) is 79.2 cm³/mol. The molecule has 1 aliphatic heterocycles. The van der Waals surface area contributed by atoms with Gasteiger partial charge in [0, 0.05) is 39.3 Å². The fourth-order valence-electron chi connectivity index (χ4n) is 2.33. The molecule has 0 atom stereocenters. The number of carbonyl (C=O) groups excluding carboxylic acids is 1. The first-order valence-corrected chi connectivity index (χ1v) is 6.87. The highest BCUT2D eigenvalue weighted by Gasteiger charge is 2.22. The van der Waals surface area contributed by atoms with Gasteiger partial charge in [0.05, 0.1) is 12.8 Å². The van der Waals surface area contributed by atoms with Crippen LogP contribution < -0.4 is 20.7 Å². The molecular weight excluding hydrogens is 256 g/mol. The minimum atomic E-state index is -0.0323. The molecule has 6 heteroatoms. The monoisotopic (exact) mass is 278 g/mol. The van der Waals surface area contributed by atoms with Crippen LogP contribution >= 0.6 is 0 Å². The van der Waals surface area contributed by atoms with E-state index in [-0.39, 0.29) is 6.03 Å². The van der Waals surface area contributed by atoms with Gasteiger partial charge in [-0.1, -0.05) is 12.1 Å². The molecule has 0 bridgehead atoms. The van der Waals surface area contributed by atoms with Crippen molar-refractivity contribution in [3.8, 4) is 5.75 Å². The zero-order chi connectivity index (χ0) is 14.4. The molecule has 1 aromatic carbocycles. The largest absolute Gasteiger partial charge is 0.495 e. The Balaban J connectivity index is 1.92. The maximum absolute atomic E-state index is 11.8. The Morgan fingerprint density at radius 2 is 2.00 bits per heavy atom. The quantitative estimate of drug-likeness (QED) is 0.840. The molecule has 1 aliphatic rings. The second-order valence-electron chi connectivity index (χ2n) is 4.67. The Labute approximate surface area is 119 Å². The number of carbonyl (C=O) groups is 1. The first-order valence-electron chi connectivity index (χ1n) is 6.87. The Morgan fingerprint density at radius 3 is 2.65 bits per heavy atom. The molecule has 20 heavy (non-hydrogen) atoms. The number of nitrogens with zero attached hydrogens (tertiary/aromatic N) is 2. The number of methoxy groups -OCH3 is 1. The third kappa shape index (κ3) is 3.33. The van der Waals surface area contributed by atoms with Crippen LogP contribution in [0.4, 0.5) is 10.5 Å². The Morgan fingerprint density at radius 1 is 1.30 bits per heavy atom. The summed E-state index contributed by atoms with van der Waals surface area (Å²) in [5.41, 5.74) is 6.46. The molecule has 2 rings (SSSR count). The highest BCUT2D eigenvalue weighted by Crippen LogP contribution is 2.28. The van der Waals surface area contributed by atoms with Gasteiger partial charge in [0.1, 0.15) is 5.75 Å². The van der Waals surface area contributed by atoms with Crippen LogP contribution in [0.5, 0.6) is 5.75 Å². The summed E-state index contributed by atoms with van der Waals surface area (Å²) in [6.45, 7) is 3.99. The van der Waals surface area contributed by atoms with Gasteiger partial charge in [-0.2, -0.15) is 0 Å². The third-order valence-electron chi connectivity index (χ3n) is 3.41. The molecule has 6 nitrogen and oxygen atoms in total. The number of piperazine rings is 1. The topological polar surface area (TPSA) is 70.8 Å². The molecule has 0 spiro atoms. The Kier molecular flexibility index (Phi) is 5.06. The second kappa shape index (κ2) is 7.00. The number of ether oxygens (including phenoxy) is 1. The van der Waals surface area contributed by atoms with Crippen molar-refractivity contribution in [2.45, 2.75) is 0 Å². The molecule has 1 fully saturated rings. The van der Waals surface area contributed by atoms with E-state index in [1.54, 1.807) is 7.11 Å². The summed E-state index contributed by atoms with van der Waals surface area (Å²) in [5, 5.41) is 2.80. The maximum Gasteiger partial charge on any atom is 0.317 e. The molecule has 0 saturated carbocycles. The van der Waals surface area contributed by atoms with Gasteiger partial charge >= 0.3 is 6.03 Å². The van der Waals surface area contributed by atoms with Crippen LogP contribution in [-0.4, -0.2) is 57.3 Å². The maximum atomic E-state index is 11.8. The minimum Gasteiger partial charge on any atom is -0.495 e. The van der Waals surface area contributed by atoms with Crippen molar-refractivity contribution >= 4 is 11.7 Å². The fraction of sp³-hybridized carbons (Fsp3) is 0.500. The molecule has 0 aliphatic carbocycles. The van der Waals surface area contributed by atoms with E-state index in [0.717, 1.165) is 24.5 Å². The number of urea groups is 1. The zero-order valence-electron chi connectivity index (χ0n) is 11.8. The van der Waals surface area contributed by atoms with Crippen LogP contribution in [0.2, 0.25) is 0 Å². The highest BCUT2D eigenvalue weighted by molar-refractivity contribution is 5.74. The van der Waals surface area contributed by atoms with Crippen LogP contribution in [-0.2, 0) is 0 Å². The second-order valence-corrected chi connectivity index (χ2v) is 4.67. The zero-order valence-corrected chi connectivity index (χ0v) is 11.8. The van der Waals surface area contributed by atoms with Crippen LogP contribution in [0, 0.1) is 0 Å². The molecule has 1 aromatic rings. The number of hydrogen-bond acceptors (Lipinski definition) is 4. The van der Waals surface area contributed by atoms with Crippen molar-refractivity contribution in [2.75, 3.05) is 51.3 Å². The molecule has 1 saturated heterocycles. The molecule has 0 radical (unpaired) electrons. The SMILES string of the molecule is COc1ccccc1N1CCN(C(=O)NCCN)CC1. The number of amides is 2. The first-order chi connectivity index (χ1) is 9.76. The van der Waals surface area contributed by atoms with E-state index < -0.39 is 0 Å². The summed E-state index contributed by atoms with van der Waals surface area (Å²) in [4.78, 5) is 15.9. The number of para-hydroxylation sites is 2. The first kappa shape index (κ1) is 14.5. The van der Waals surface area contributed by atoms with Gasteiger partial charge in [-0.05, 0) is 12.1 Å². The van der Waals surface area contributed by atoms with Gasteiger partial charge in [0.2, 0.25) is 0 Å². The summed E-state index contributed by atoms with van der Waals surface area (Å²) in [6, 6.07) is 7.92. The van der Waals surface area contributed by atoms with E-state index in [1.807, 2.05) is 29.2 Å². The van der Waals surface area contributed by atoms with Crippen LogP contribution in [0.1, 0.15) is 0 Å². The number of nitrogens with one attached hydrogen (secondary N) is 1.